The van der Waals surface area contributed by atoms with Gasteiger partial charge < -0.3 is 20.3 Å². The number of likely N-dealkylation sites (N-methyl/N-ethyl adjacent to an activating group) is 1. The topological polar surface area (TPSA) is 68.0 Å². The van der Waals surface area contributed by atoms with Crippen molar-refractivity contribution < 1.29 is 14.6 Å². The summed E-state index contributed by atoms with van der Waals surface area (Å²) in [7, 11) is 0. The van der Waals surface area contributed by atoms with Gasteiger partial charge in [0.1, 0.15) is 5.75 Å². The molecule has 0 spiro atoms. The Morgan fingerprint density at radius 1 is 1.40 bits per heavy atom. The molecule has 0 amide bonds. The highest BCUT2D eigenvalue weighted by atomic mass is 16.7. The first kappa shape index (κ1) is 15.1. The van der Waals surface area contributed by atoms with Gasteiger partial charge in [0.25, 0.3) is 0 Å². The van der Waals surface area contributed by atoms with Gasteiger partial charge in [0.2, 0.25) is 0 Å². The average Bonchev–Trinajstić information content (AvgIpc) is 2.36. The highest BCUT2D eigenvalue weighted by Gasteiger charge is 2.21. The molecule has 2 rings (SSSR count). The Morgan fingerprint density at radius 3 is 2.80 bits per heavy atom. The van der Waals surface area contributed by atoms with Gasteiger partial charge >= 0.3 is 0 Å². The van der Waals surface area contributed by atoms with Crippen LogP contribution >= 0.6 is 0 Å². The van der Waals surface area contributed by atoms with E-state index < -0.39 is 5.60 Å². The summed E-state index contributed by atoms with van der Waals surface area (Å²) in [5.74, 6) is 0.875. The van der Waals surface area contributed by atoms with Crippen LogP contribution in [0.1, 0.15) is 31.9 Å². The van der Waals surface area contributed by atoms with Crippen LogP contribution in [0.15, 0.2) is 12.1 Å². The Balaban J connectivity index is 2.21. The van der Waals surface area contributed by atoms with Crippen LogP contribution in [0, 0.1) is 0 Å². The zero-order valence-corrected chi connectivity index (χ0v) is 12.5. The molecule has 20 heavy (non-hydrogen) atoms. The SMILES string of the molecule is CCN(Cc1cc(N)cc2c1OCOC2)CC(C)(C)O. The van der Waals surface area contributed by atoms with Crippen LogP contribution in [-0.4, -0.2) is 35.5 Å². The number of fused-ring (bicyclic) bond motifs is 1. The molecule has 112 valence electrons. The lowest BCUT2D eigenvalue weighted by Gasteiger charge is -2.29. The number of ether oxygens (including phenoxy) is 2. The van der Waals surface area contributed by atoms with Crippen LogP contribution in [0.5, 0.6) is 5.75 Å². The predicted molar refractivity (Wildman–Crippen MR) is 78.4 cm³/mol. The average molecular weight is 280 g/mol. The lowest BCUT2D eigenvalue weighted by molar-refractivity contribution is -0.0179. The van der Waals surface area contributed by atoms with Crippen LogP contribution in [-0.2, 0) is 17.9 Å². The van der Waals surface area contributed by atoms with E-state index in [9.17, 15) is 5.11 Å². The number of hydrogen-bond donors (Lipinski definition) is 2. The minimum absolute atomic E-state index is 0.279. The van der Waals surface area contributed by atoms with E-state index in [4.69, 9.17) is 15.2 Å². The van der Waals surface area contributed by atoms with Gasteiger partial charge in [0, 0.05) is 29.9 Å². The first-order valence-electron chi connectivity index (χ1n) is 6.95. The van der Waals surface area contributed by atoms with Crippen molar-refractivity contribution in [2.45, 2.75) is 39.5 Å². The zero-order chi connectivity index (χ0) is 14.8. The van der Waals surface area contributed by atoms with E-state index in [-0.39, 0.29) is 6.79 Å². The molecule has 0 saturated heterocycles. The van der Waals surface area contributed by atoms with Gasteiger partial charge in [0.15, 0.2) is 6.79 Å². The number of anilines is 1. The fourth-order valence-electron chi connectivity index (χ4n) is 2.51. The minimum Gasteiger partial charge on any atom is -0.467 e. The first-order valence-corrected chi connectivity index (χ1v) is 6.95. The molecule has 1 heterocycles. The van der Waals surface area contributed by atoms with Crippen LogP contribution < -0.4 is 10.5 Å². The molecule has 1 aromatic rings. The Morgan fingerprint density at radius 2 is 2.15 bits per heavy atom. The van der Waals surface area contributed by atoms with Crippen molar-refractivity contribution in [3.8, 4) is 5.75 Å². The van der Waals surface area contributed by atoms with Crippen molar-refractivity contribution in [3.63, 3.8) is 0 Å². The number of rotatable bonds is 5. The molecular weight excluding hydrogens is 256 g/mol. The van der Waals surface area contributed by atoms with Gasteiger partial charge in [-0.25, -0.2) is 0 Å². The van der Waals surface area contributed by atoms with Crippen molar-refractivity contribution >= 4 is 5.69 Å². The third kappa shape index (κ3) is 3.85. The Labute approximate surface area is 120 Å². The lowest BCUT2D eigenvalue weighted by Crippen LogP contribution is -2.38. The molecule has 0 bridgehead atoms. The summed E-state index contributed by atoms with van der Waals surface area (Å²) in [6.45, 7) is 8.67. The minimum atomic E-state index is -0.722. The smallest absolute Gasteiger partial charge is 0.189 e. The number of aliphatic hydroxyl groups is 1. The van der Waals surface area contributed by atoms with Gasteiger partial charge in [-0.3, -0.25) is 4.90 Å². The van der Waals surface area contributed by atoms with Crippen molar-refractivity contribution in [2.75, 3.05) is 25.6 Å². The number of nitrogen functional groups attached to an aromatic ring is 1. The Hall–Kier alpha value is -1.30. The molecule has 0 atom stereocenters. The number of nitrogens with zero attached hydrogens (tertiary/aromatic N) is 1. The van der Waals surface area contributed by atoms with Crippen molar-refractivity contribution in [1.29, 1.82) is 0 Å². The van der Waals surface area contributed by atoms with Gasteiger partial charge in [-0.1, -0.05) is 6.92 Å². The number of benzene rings is 1. The van der Waals surface area contributed by atoms with Crippen LogP contribution in [0.3, 0.4) is 0 Å². The molecule has 5 heteroatoms. The largest absolute Gasteiger partial charge is 0.467 e. The van der Waals surface area contributed by atoms with Gasteiger partial charge in [-0.15, -0.1) is 0 Å². The molecule has 1 aliphatic heterocycles. The van der Waals surface area contributed by atoms with Crippen LogP contribution in [0.2, 0.25) is 0 Å². The summed E-state index contributed by atoms with van der Waals surface area (Å²) in [5, 5.41) is 9.97. The van der Waals surface area contributed by atoms with Crippen molar-refractivity contribution in [1.82, 2.24) is 4.90 Å². The normalized spacial score (nSPS) is 15.1. The maximum absolute atomic E-state index is 9.97. The van der Waals surface area contributed by atoms with E-state index in [1.54, 1.807) is 0 Å². The first-order chi connectivity index (χ1) is 9.39. The third-order valence-electron chi connectivity index (χ3n) is 3.26. The van der Waals surface area contributed by atoms with E-state index in [1.165, 1.54) is 0 Å². The maximum atomic E-state index is 9.97. The fourth-order valence-corrected chi connectivity index (χ4v) is 2.51. The van der Waals surface area contributed by atoms with E-state index in [1.807, 2.05) is 26.0 Å². The predicted octanol–water partition coefficient (Wildman–Crippen LogP) is 1.73. The van der Waals surface area contributed by atoms with Crippen LogP contribution in [0.25, 0.3) is 0 Å². The summed E-state index contributed by atoms with van der Waals surface area (Å²) >= 11 is 0. The third-order valence-corrected chi connectivity index (χ3v) is 3.26. The molecule has 0 radical (unpaired) electrons. The molecule has 3 N–H and O–H groups in total. The summed E-state index contributed by atoms with van der Waals surface area (Å²) < 4.78 is 10.9. The van der Waals surface area contributed by atoms with Gasteiger partial charge in [-0.2, -0.15) is 0 Å². The van der Waals surface area contributed by atoms with Gasteiger partial charge in [0.05, 0.1) is 12.2 Å². The molecule has 0 saturated carbocycles. The summed E-state index contributed by atoms with van der Waals surface area (Å²) in [6.07, 6.45) is 0. The second kappa shape index (κ2) is 5.99. The molecule has 0 unspecified atom stereocenters. The van der Waals surface area contributed by atoms with E-state index in [2.05, 4.69) is 11.8 Å². The number of nitrogens with two attached hydrogens (primary N) is 1. The van der Waals surface area contributed by atoms with E-state index in [0.29, 0.717) is 25.4 Å². The monoisotopic (exact) mass is 280 g/mol. The molecule has 0 aliphatic carbocycles. The standard InChI is InChI=1S/C15H24N2O3/c1-4-17(9-15(2,3)18)7-11-5-13(16)6-12-8-19-10-20-14(11)12/h5-6,18H,4,7-10,16H2,1-3H3. The zero-order valence-electron chi connectivity index (χ0n) is 12.5. The molecule has 0 aromatic heterocycles. The highest BCUT2D eigenvalue weighted by molar-refractivity contribution is 5.53. The molecule has 5 nitrogen and oxygen atoms in total. The summed E-state index contributed by atoms with van der Waals surface area (Å²) in [6, 6.07) is 3.83. The van der Waals surface area contributed by atoms with Crippen molar-refractivity contribution in [2.24, 2.45) is 0 Å². The second-order valence-corrected chi connectivity index (χ2v) is 5.89. The lowest BCUT2D eigenvalue weighted by atomic mass is 10.0. The highest BCUT2D eigenvalue weighted by Crippen LogP contribution is 2.31. The number of hydrogen-bond acceptors (Lipinski definition) is 5. The molecular formula is C15H24N2O3. The second-order valence-electron chi connectivity index (χ2n) is 5.89. The quantitative estimate of drug-likeness (QED) is 0.804. The Kier molecular flexibility index (Phi) is 4.52. The fraction of sp³-hybridized carbons (Fsp3) is 0.600. The van der Waals surface area contributed by atoms with Gasteiger partial charge in [-0.05, 0) is 32.5 Å². The maximum Gasteiger partial charge on any atom is 0.189 e. The van der Waals surface area contributed by atoms with E-state index in [0.717, 1.165) is 23.4 Å². The van der Waals surface area contributed by atoms with Crippen LogP contribution in [0.4, 0.5) is 5.69 Å². The summed E-state index contributed by atoms with van der Waals surface area (Å²) in [5.41, 5.74) is 7.98. The molecule has 1 aliphatic rings. The summed E-state index contributed by atoms with van der Waals surface area (Å²) in [4.78, 5) is 2.17. The van der Waals surface area contributed by atoms with Crippen molar-refractivity contribution in [3.05, 3.63) is 23.3 Å². The van der Waals surface area contributed by atoms with E-state index >= 15 is 0 Å². The molecule has 1 aromatic carbocycles. The Bertz CT molecular complexity index is 469. The molecule has 0 fully saturated rings.